The lowest BCUT2D eigenvalue weighted by Crippen LogP contribution is -2.40. The number of halogens is 3. The molecule has 0 amide bonds. The molecule has 174 valence electrons. The summed E-state index contributed by atoms with van der Waals surface area (Å²) in [5, 5.41) is 4.14. The Bertz CT molecular complexity index is 1130. The predicted octanol–water partition coefficient (Wildman–Crippen LogP) is 5.44. The SMILES string of the molecule is COc1cnc2ccc(F)cc2c1CC[C@H]1CC[C@@H](NC/C=C/c2cc(F)ccc2F)CO1. The van der Waals surface area contributed by atoms with E-state index in [-0.39, 0.29) is 23.5 Å². The second-order valence-electron chi connectivity index (χ2n) is 8.21. The molecule has 4 nitrogen and oxygen atoms in total. The summed E-state index contributed by atoms with van der Waals surface area (Å²) in [6, 6.07) is 8.20. The van der Waals surface area contributed by atoms with Gasteiger partial charge in [-0.1, -0.05) is 12.2 Å². The monoisotopic (exact) mass is 456 g/mol. The molecule has 3 aromatic rings. The van der Waals surface area contributed by atoms with Crippen LogP contribution in [0, 0.1) is 17.5 Å². The van der Waals surface area contributed by atoms with E-state index in [2.05, 4.69) is 10.3 Å². The average Bonchev–Trinajstić information content (AvgIpc) is 2.83. The van der Waals surface area contributed by atoms with E-state index in [0.29, 0.717) is 25.3 Å². The van der Waals surface area contributed by atoms with Gasteiger partial charge in [-0.25, -0.2) is 13.2 Å². The van der Waals surface area contributed by atoms with Crippen molar-refractivity contribution in [1.29, 1.82) is 0 Å². The highest BCUT2D eigenvalue weighted by atomic mass is 19.1. The number of rotatable bonds is 8. The van der Waals surface area contributed by atoms with Crippen LogP contribution in [-0.4, -0.2) is 37.4 Å². The molecule has 1 fully saturated rings. The van der Waals surface area contributed by atoms with Gasteiger partial charge < -0.3 is 14.8 Å². The second-order valence-corrected chi connectivity index (χ2v) is 8.21. The first-order valence-electron chi connectivity index (χ1n) is 11.1. The van der Waals surface area contributed by atoms with Crippen molar-refractivity contribution in [3.63, 3.8) is 0 Å². The van der Waals surface area contributed by atoms with Crippen LogP contribution < -0.4 is 10.1 Å². The molecule has 1 aliphatic heterocycles. The lowest BCUT2D eigenvalue weighted by atomic mass is 9.97. The molecule has 1 aromatic heterocycles. The van der Waals surface area contributed by atoms with Crippen LogP contribution in [0.4, 0.5) is 13.2 Å². The number of aromatic nitrogens is 1. The van der Waals surface area contributed by atoms with Crippen LogP contribution in [0.5, 0.6) is 5.75 Å². The van der Waals surface area contributed by atoms with Gasteiger partial charge in [0.05, 0.1) is 31.5 Å². The molecule has 0 unspecified atom stereocenters. The molecule has 1 aliphatic rings. The van der Waals surface area contributed by atoms with Gasteiger partial charge in [-0.15, -0.1) is 0 Å². The van der Waals surface area contributed by atoms with Gasteiger partial charge in [0.2, 0.25) is 0 Å². The summed E-state index contributed by atoms with van der Waals surface area (Å²) in [6.45, 7) is 1.12. The van der Waals surface area contributed by atoms with Crippen LogP contribution in [0.1, 0.15) is 30.4 Å². The first-order chi connectivity index (χ1) is 16.0. The van der Waals surface area contributed by atoms with E-state index in [9.17, 15) is 13.2 Å². The maximum Gasteiger partial charge on any atom is 0.140 e. The highest BCUT2D eigenvalue weighted by Gasteiger charge is 2.22. The van der Waals surface area contributed by atoms with Gasteiger partial charge in [-0.3, -0.25) is 4.98 Å². The van der Waals surface area contributed by atoms with Gasteiger partial charge >= 0.3 is 0 Å². The van der Waals surface area contributed by atoms with E-state index in [1.807, 2.05) is 0 Å². The van der Waals surface area contributed by atoms with Gasteiger partial charge in [0.25, 0.3) is 0 Å². The van der Waals surface area contributed by atoms with Crippen LogP contribution in [0.25, 0.3) is 17.0 Å². The quantitative estimate of drug-likeness (QED) is 0.490. The number of methoxy groups -OCH3 is 1. The number of pyridine rings is 1. The third kappa shape index (κ3) is 5.92. The largest absolute Gasteiger partial charge is 0.495 e. The van der Waals surface area contributed by atoms with Crippen LogP contribution in [-0.2, 0) is 11.2 Å². The van der Waals surface area contributed by atoms with Crippen LogP contribution in [0.3, 0.4) is 0 Å². The zero-order chi connectivity index (χ0) is 23.2. The van der Waals surface area contributed by atoms with E-state index in [1.54, 1.807) is 31.5 Å². The number of ether oxygens (including phenoxy) is 2. The molecular formula is C26H27F3N2O2. The highest BCUT2D eigenvalue weighted by molar-refractivity contribution is 5.84. The molecule has 2 atom stereocenters. The smallest absolute Gasteiger partial charge is 0.140 e. The Balaban J connectivity index is 1.27. The normalized spacial score (nSPS) is 18.8. The van der Waals surface area contributed by atoms with E-state index < -0.39 is 11.6 Å². The van der Waals surface area contributed by atoms with Crippen molar-refractivity contribution < 1.29 is 22.6 Å². The minimum absolute atomic E-state index is 0.112. The molecule has 1 saturated heterocycles. The predicted molar refractivity (Wildman–Crippen MR) is 123 cm³/mol. The number of fused-ring (bicyclic) bond motifs is 1. The van der Waals surface area contributed by atoms with E-state index >= 15 is 0 Å². The minimum atomic E-state index is -0.460. The summed E-state index contributed by atoms with van der Waals surface area (Å²) in [6.07, 6.45) is 8.52. The molecule has 2 heterocycles. The summed E-state index contributed by atoms with van der Waals surface area (Å²) < 4.78 is 52.2. The number of nitrogens with one attached hydrogen (secondary N) is 1. The van der Waals surface area contributed by atoms with Gasteiger partial charge in [-0.2, -0.15) is 0 Å². The number of aryl methyl sites for hydroxylation is 1. The Hall–Kier alpha value is -2.90. The molecule has 4 rings (SSSR count). The number of nitrogens with zero attached hydrogens (tertiary/aromatic N) is 1. The van der Waals surface area contributed by atoms with Crippen LogP contribution in [0.2, 0.25) is 0 Å². The highest BCUT2D eigenvalue weighted by Crippen LogP contribution is 2.29. The Morgan fingerprint density at radius 3 is 2.73 bits per heavy atom. The lowest BCUT2D eigenvalue weighted by molar-refractivity contribution is -0.00590. The molecule has 0 aliphatic carbocycles. The standard InChI is InChI=1S/C26H27F3N2O2/c1-32-26-15-31-25-11-5-19(28)14-23(25)22(26)9-8-21-7-6-20(16-33-21)30-12-2-3-17-13-18(27)4-10-24(17)29/h2-5,10-11,13-15,20-21,30H,6-9,12,16H2,1H3/b3-2+/t20-,21-/m1/s1. The van der Waals surface area contributed by atoms with Crippen molar-refractivity contribution in [3.8, 4) is 5.75 Å². The zero-order valence-corrected chi connectivity index (χ0v) is 18.5. The van der Waals surface area contributed by atoms with Crippen molar-refractivity contribution in [1.82, 2.24) is 10.3 Å². The molecular weight excluding hydrogens is 429 g/mol. The van der Waals surface area contributed by atoms with E-state index in [0.717, 1.165) is 47.9 Å². The maximum absolute atomic E-state index is 13.8. The summed E-state index contributed by atoms with van der Waals surface area (Å²) in [7, 11) is 1.59. The fourth-order valence-corrected chi connectivity index (χ4v) is 4.20. The van der Waals surface area contributed by atoms with Crippen LogP contribution in [0.15, 0.2) is 48.7 Å². The molecule has 7 heteroatoms. The van der Waals surface area contributed by atoms with Crippen molar-refractivity contribution >= 4 is 17.0 Å². The summed E-state index contributed by atoms with van der Waals surface area (Å²) in [5.41, 5.74) is 1.92. The lowest BCUT2D eigenvalue weighted by Gasteiger charge is -2.29. The number of hydrogen-bond donors (Lipinski definition) is 1. The van der Waals surface area contributed by atoms with E-state index in [1.165, 1.54) is 18.2 Å². The van der Waals surface area contributed by atoms with Gasteiger partial charge in [-0.05, 0) is 62.1 Å². The Kier molecular flexibility index (Phi) is 7.62. The number of hydrogen-bond acceptors (Lipinski definition) is 4. The van der Waals surface area contributed by atoms with Gasteiger partial charge in [0, 0.05) is 29.1 Å². The number of benzene rings is 2. The van der Waals surface area contributed by atoms with E-state index in [4.69, 9.17) is 9.47 Å². The first-order valence-corrected chi connectivity index (χ1v) is 11.1. The summed E-state index contributed by atoms with van der Waals surface area (Å²) in [4.78, 5) is 4.35. The van der Waals surface area contributed by atoms with Crippen molar-refractivity contribution in [2.24, 2.45) is 0 Å². The van der Waals surface area contributed by atoms with Gasteiger partial charge in [0.1, 0.15) is 23.2 Å². The van der Waals surface area contributed by atoms with Gasteiger partial charge in [0.15, 0.2) is 0 Å². The first kappa shape index (κ1) is 23.3. The Morgan fingerprint density at radius 2 is 1.94 bits per heavy atom. The second kappa shape index (κ2) is 10.8. The molecule has 0 radical (unpaired) electrons. The van der Waals surface area contributed by atoms with Crippen molar-refractivity contribution in [3.05, 3.63) is 77.2 Å². The zero-order valence-electron chi connectivity index (χ0n) is 18.5. The third-order valence-electron chi connectivity index (χ3n) is 5.99. The van der Waals surface area contributed by atoms with Crippen LogP contribution >= 0.6 is 0 Å². The molecule has 0 spiro atoms. The fraction of sp³-hybridized carbons (Fsp3) is 0.346. The molecule has 1 N–H and O–H groups in total. The molecule has 2 aromatic carbocycles. The third-order valence-corrected chi connectivity index (χ3v) is 5.99. The molecule has 0 bridgehead atoms. The topological polar surface area (TPSA) is 43.4 Å². The summed E-state index contributed by atoms with van der Waals surface area (Å²) in [5.74, 6) is -0.545. The summed E-state index contributed by atoms with van der Waals surface area (Å²) >= 11 is 0. The maximum atomic E-state index is 13.8. The minimum Gasteiger partial charge on any atom is -0.495 e. The molecule has 33 heavy (non-hydrogen) atoms. The van der Waals surface area contributed by atoms with Crippen molar-refractivity contribution in [2.75, 3.05) is 20.3 Å². The average molecular weight is 457 g/mol. The fourth-order valence-electron chi connectivity index (χ4n) is 4.20. The molecule has 0 saturated carbocycles. The Labute approximate surface area is 191 Å². The van der Waals surface area contributed by atoms with Crippen molar-refractivity contribution in [2.45, 2.75) is 37.8 Å². The Morgan fingerprint density at radius 1 is 1.12 bits per heavy atom.